The van der Waals surface area contributed by atoms with Crippen LogP contribution in [-0.2, 0) is 40.6 Å². The summed E-state index contributed by atoms with van der Waals surface area (Å²) in [5.41, 5.74) is -2.85. The van der Waals surface area contributed by atoms with Crippen molar-refractivity contribution in [2.45, 2.75) is 105 Å². The van der Waals surface area contributed by atoms with Crippen LogP contribution in [0.4, 0.5) is 0 Å². The quantitative estimate of drug-likeness (QED) is 0.585. The van der Waals surface area contributed by atoms with Crippen LogP contribution in [0.25, 0.3) is 0 Å². The molecule has 152 valence electrons. The first-order chi connectivity index (χ1) is 10.5. The van der Waals surface area contributed by atoms with Crippen molar-refractivity contribution in [2.75, 3.05) is 0 Å². The van der Waals surface area contributed by atoms with Gasteiger partial charge in [-0.2, -0.15) is 0 Å². The third-order valence-electron chi connectivity index (χ3n) is 1.99. The summed E-state index contributed by atoms with van der Waals surface area (Å²) in [5.74, 6) is 0. The van der Waals surface area contributed by atoms with E-state index in [1.165, 1.54) is 0 Å². The van der Waals surface area contributed by atoms with E-state index in [1.54, 1.807) is 20.8 Å². The first-order valence-electron chi connectivity index (χ1n) is 8.49. The van der Waals surface area contributed by atoms with Crippen molar-refractivity contribution < 1.29 is 47.0 Å². The second kappa shape index (κ2) is 8.05. The van der Waals surface area contributed by atoms with Gasteiger partial charge in [-0.3, -0.25) is 0 Å². The van der Waals surface area contributed by atoms with Crippen LogP contribution in [0.3, 0.4) is 0 Å². The Kier molecular flexibility index (Phi) is 8.32. The maximum atomic E-state index is 10.5. The van der Waals surface area contributed by atoms with Crippen LogP contribution in [0, 0.1) is 0 Å². The van der Waals surface area contributed by atoms with Gasteiger partial charge in [0.2, 0.25) is 0 Å². The van der Waals surface area contributed by atoms with Crippen LogP contribution in [0.15, 0.2) is 0 Å². The third kappa shape index (κ3) is 13.6. The Morgan fingerprint density at radius 1 is 0.560 bits per heavy atom. The molecule has 0 saturated carbocycles. The van der Waals surface area contributed by atoms with E-state index in [-0.39, 0.29) is 0 Å². The Morgan fingerprint density at radius 3 is 1.04 bits per heavy atom. The fraction of sp³-hybridized carbons (Fsp3) is 1.00. The summed E-state index contributed by atoms with van der Waals surface area (Å²) >= 11 is -5.43. The molecular formula is C16H38O7SiZr. The minimum atomic E-state index is -5.43. The molecule has 0 aliphatic heterocycles. The average molecular weight is 462 g/mol. The first kappa shape index (κ1) is 25.8. The van der Waals surface area contributed by atoms with Crippen LogP contribution in [0.5, 0.6) is 0 Å². The summed E-state index contributed by atoms with van der Waals surface area (Å²) in [7, 11) is -3.97. The van der Waals surface area contributed by atoms with Gasteiger partial charge in [-0.05, 0) is 0 Å². The summed E-state index contributed by atoms with van der Waals surface area (Å²) < 4.78 is 50.3. The van der Waals surface area contributed by atoms with Gasteiger partial charge in [0.1, 0.15) is 0 Å². The zero-order valence-corrected chi connectivity index (χ0v) is 21.4. The fourth-order valence-electron chi connectivity index (χ4n) is 1.83. The molecule has 7 nitrogen and oxygen atoms in total. The maximum absolute atomic E-state index is 10.5. The Hall–Kier alpha value is 0.820. The van der Waals surface area contributed by atoms with E-state index in [1.807, 2.05) is 62.3 Å². The molecule has 9 heteroatoms. The molecule has 0 aromatic rings. The Balaban J connectivity index is 5.96. The molecule has 0 aromatic carbocycles. The van der Waals surface area contributed by atoms with Crippen molar-refractivity contribution in [3.63, 3.8) is 0 Å². The summed E-state index contributed by atoms with van der Waals surface area (Å²) in [6.45, 7) is 21.6. The normalized spacial score (nSPS) is 15.6. The van der Waals surface area contributed by atoms with Crippen LogP contribution in [0.1, 0.15) is 83.1 Å². The topological polar surface area (TPSA) is 86.6 Å². The van der Waals surface area contributed by atoms with E-state index in [4.69, 9.17) is 18.6 Å². The Morgan fingerprint density at radius 2 is 0.840 bits per heavy atom. The predicted molar refractivity (Wildman–Crippen MR) is 94.6 cm³/mol. The van der Waals surface area contributed by atoms with Crippen molar-refractivity contribution in [3.05, 3.63) is 0 Å². The van der Waals surface area contributed by atoms with E-state index in [0.717, 1.165) is 0 Å². The minimum absolute atomic E-state index is 0.688. The van der Waals surface area contributed by atoms with Gasteiger partial charge >= 0.3 is 162 Å². The second-order valence-corrected chi connectivity index (χ2v) is 16.5. The van der Waals surface area contributed by atoms with Crippen molar-refractivity contribution in [1.29, 1.82) is 0 Å². The molecule has 0 bridgehead atoms. The average Bonchev–Trinajstić information content (AvgIpc) is 1.97. The molecule has 0 fully saturated rings. The van der Waals surface area contributed by atoms with Gasteiger partial charge in [-0.1, -0.05) is 0 Å². The van der Waals surface area contributed by atoms with Crippen LogP contribution in [0.2, 0.25) is 0 Å². The first-order valence-corrected chi connectivity index (χ1v) is 14.3. The van der Waals surface area contributed by atoms with E-state index in [0.29, 0.717) is 0 Å². The summed E-state index contributed by atoms with van der Waals surface area (Å²) in [5, 5.41) is 0. The van der Waals surface area contributed by atoms with E-state index in [2.05, 4.69) is 0 Å². The molecule has 0 rings (SSSR count). The van der Waals surface area contributed by atoms with Gasteiger partial charge in [-0.25, -0.2) is 0 Å². The molecule has 2 N–H and O–H groups in total. The van der Waals surface area contributed by atoms with Crippen LogP contribution >= 0.6 is 0 Å². The molecule has 25 heavy (non-hydrogen) atoms. The molecular weight excluding hydrogens is 423 g/mol. The standard InChI is InChI=1S/C12H27O4Si.C4H9O.2H2O.Zr/c1-10(2,3)14-17(13,15-11(4,5)6)16-12(7,8)9;1-4(2,3)5;;;/h1-9H3;1-3H3;2*1H2;/q2*-1;;;+4/p-2. The number of hydrogen-bond donors (Lipinski definition) is 2. The molecule has 0 saturated heterocycles. The molecule has 0 aromatic heterocycles. The molecule has 0 heterocycles. The van der Waals surface area contributed by atoms with Gasteiger partial charge in [-0.15, -0.1) is 0 Å². The van der Waals surface area contributed by atoms with Gasteiger partial charge in [0.15, 0.2) is 0 Å². The van der Waals surface area contributed by atoms with Gasteiger partial charge < -0.3 is 0 Å². The van der Waals surface area contributed by atoms with Crippen molar-refractivity contribution in [2.24, 2.45) is 0 Å². The zero-order valence-electron chi connectivity index (χ0n) is 17.9. The SMILES string of the molecule is CC(C)(C)O[Si](OC(C)(C)C)(OC(C)(C)C)[O][Zr]([OH])([OH])[O]C(C)(C)C. The molecule has 0 unspecified atom stereocenters. The molecule has 0 radical (unpaired) electrons. The predicted octanol–water partition coefficient (Wildman–Crippen LogP) is 3.50. The Labute approximate surface area is 161 Å². The number of hydrogen-bond acceptors (Lipinski definition) is 7. The summed E-state index contributed by atoms with van der Waals surface area (Å²) in [6.07, 6.45) is 0. The van der Waals surface area contributed by atoms with Crippen LogP contribution < -0.4 is 0 Å². The van der Waals surface area contributed by atoms with Crippen molar-refractivity contribution in [1.82, 2.24) is 0 Å². The fourth-order valence-corrected chi connectivity index (χ4v) is 10.3. The van der Waals surface area contributed by atoms with Gasteiger partial charge in [0.25, 0.3) is 0 Å². The van der Waals surface area contributed by atoms with Gasteiger partial charge in [0, 0.05) is 0 Å². The molecule has 0 atom stereocenters. The van der Waals surface area contributed by atoms with Gasteiger partial charge in [0.05, 0.1) is 0 Å². The van der Waals surface area contributed by atoms with Crippen LogP contribution in [-0.4, -0.2) is 37.8 Å². The monoisotopic (exact) mass is 460 g/mol. The van der Waals surface area contributed by atoms with E-state index in [9.17, 15) is 6.37 Å². The Bertz CT molecular complexity index is 387. The van der Waals surface area contributed by atoms with Crippen molar-refractivity contribution >= 4 is 9.05 Å². The van der Waals surface area contributed by atoms with Crippen molar-refractivity contribution in [3.8, 4) is 0 Å². The second-order valence-electron chi connectivity index (χ2n) is 10.0. The van der Waals surface area contributed by atoms with E-state index >= 15 is 0 Å². The number of rotatable bonds is 6. The third-order valence-corrected chi connectivity index (χ3v) is 11.1. The van der Waals surface area contributed by atoms with E-state index < -0.39 is 53.5 Å². The molecule has 0 spiro atoms. The molecule has 0 aliphatic rings. The summed E-state index contributed by atoms with van der Waals surface area (Å²) in [6, 6.07) is 0. The summed E-state index contributed by atoms with van der Waals surface area (Å²) in [4.78, 5) is 0. The molecule has 0 amide bonds. The zero-order chi connectivity index (χ0) is 20.5. The molecule has 0 aliphatic carbocycles.